The molecule has 7 nitrogen and oxygen atoms in total. The third-order valence-corrected chi connectivity index (χ3v) is 4.66. The molecule has 0 bridgehead atoms. The van der Waals surface area contributed by atoms with Gasteiger partial charge in [0.15, 0.2) is 5.16 Å². The van der Waals surface area contributed by atoms with Gasteiger partial charge in [0.05, 0.1) is 17.6 Å². The van der Waals surface area contributed by atoms with E-state index < -0.39 is 0 Å². The Morgan fingerprint density at radius 3 is 2.57 bits per heavy atom. The fourth-order valence-corrected chi connectivity index (χ4v) is 3.20. The fraction of sp³-hybridized carbons (Fsp3) is 0.0526. The van der Waals surface area contributed by atoms with Crippen LogP contribution >= 0.6 is 11.8 Å². The van der Waals surface area contributed by atoms with Gasteiger partial charge in [-0.25, -0.2) is 9.37 Å². The van der Waals surface area contributed by atoms with Crippen molar-refractivity contribution in [1.82, 2.24) is 24.9 Å². The lowest BCUT2D eigenvalue weighted by Gasteiger charge is -2.07. The van der Waals surface area contributed by atoms with Crippen LogP contribution in [0.25, 0.3) is 11.3 Å². The first-order chi connectivity index (χ1) is 13.7. The summed E-state index contributed by atoms with van der Waals surface area (Å²) in [6.07, 6.45) is 1.79. The molecule has 4 rings (SSSR count). The largest absolute Gasteiger partial charge is 0.368 e. The molecular formula is C19H16FN7S. The lowest BCUT2D eigenvalue weighted by atomic mass is 10.2. The zero-order valence-electron chi connectivity index (χ0n) is 14.6. The topological polar surface area (TPSA) is 105 Å². The molecule has 2 aromatic carbocycles. The Morgan fingerprint density at radius 1 is 1.00 bits per heavy atom. The Kier molecular flexibility index (Phi) is 5.16. The highest BCUT2D eigenvalue weighted by Gasteiger charge is 2.08. The van der Waals surface area contributed by atoms with Crippen molar-refractivity contribution < 1.29 is 4.39 Å². The summed E-state index contributed by atoms with van der Waals surface area (Å²) in [5.41, 5.74) is 8.46. The van der Waals surface area contributed by atoms with Crippen molar-refractivity contribution >= 4 is 29.3 Å². The van der Waals surface area contributed by atoms with Gasteiger partial charge in [-0.1, -0.05) is 42.1 Å². The van der Waals surface area contributed by atoms with Crippen LogP contribution in [0.3, 0.4) is 0 Å². The summed E-state index contributed by atoms with van der Waals surface area (Å²) in [6, 6.07) is 15.9. The SMILES string of the molecule is Nc1nc(CSc2ncc(-c3ccccc3)[nH]2)nc(Nc2ccc(F)cc2)n1. The molecule has 28 heavy (non-hydrogen) atoms. The van der Waals surface area contributed by atoms with Crippen molar-refractivity contribution in [3.63, 3.8) is 0 Å². The number of nitrogens with zero attached hydrogens (tertiary/aromatic N) is 4. The summed E-state index contributed by atoms with van der Waals surface area (Å²) in [7, 11) is 0. The highest BCUT2D eigenvalue weighted by molar-refractivity contribution is 7.98. The molecule has 0 atom stereocenters. The minimum absolute atomic E-state index is 0.111. The van der Waals surface area contributed by atoms with E-state index in [2.05, 4.69) is 30.2 Å². The minimum Gasteiger partial charge on any atom is -0.368 e. The molecule has 0 saturated heterocycles. The average Bonchev–Trinajstić information content (AvgIpc) is 3.18. The number of aromatic nitrogens is 5. The standard InChI is InChI=1S/C19H16FN7S/c20-13-6-8-14(9-7-13)23-18-26-16(25-17(21)27-18)11-28-19-22-10-15(24-19)12-4-2-1-3-5-12/h1-10H,11H2,(H,22,24)(H3,21,23,25,26,27). The highest BCUT2D eigenvalue weighted by atomic mass is 32.2. The number of halogens is 1. The number of nitrogens with one attached hydrogen (secondary N) is 2. The number of hydrogen-bond donors (Lipinski definition) is 3. The maximum Gasteiger partial charge on any atom is 0.232 e. The van der Waals surface area contributed by atoms with Crippen LogP contribution in [-0.2, 0) is 5.75 Å². The Balaban J connectivity index is 1.44. The summed E-state index contributed by atoms with van der Waals surface area (Å²) in [4.78, 5) is 20.2. The van der Waals surface area contributed by atoms with Gasteiger partial charge in [0, 0.05) is 5.69 Å². The molecule has 0 spiro atoms. The summed E-state index contributed by atoms with van der Waals surface area (Å²) in [5.74, 6) is 1.08. The fourth-order valence-electron chi connectivity index (χ4n) is 2.49. The highest BCUT2D eigenvalue weighted by Crippen LogP contribution is 2.23. The van der Waals surface area contributed by atoms with Crippen LogP contribution in [0.2, 0.25) is 0 Å². The zero-order valence-corrected chi connectivity index (χ0v) is 15.4. The molecule has 2 heterocycles. The van der Waals surface area contributed by atoms with Gasteiger partial charge in [0.25, 0.3) is 0 Å². The number of benzene rings is 2. The molecule has 0 fully saturated rings. The van der Waals surface area contributed by atoms with E-state index in [1.807, 2.05) is 30.3 Å². The number of nitrogen functional groups attached to an aromatic ring is 1. The van der Waals surface area contributed by atoms with E-state index in [9.17, 15) is 4.39 Å². The second-order valence-corrected chi connectivity index (χ2v) is 6.79. The van der Waals surface area contributed by atoms with Crippen molar-refractivity contribution in [2.24, 2.45) is 0 Å². The van der Waals surface area contributed by atoms with E-state index in [-0.39, 0.29) is 11.8 Å². The number of H-pyrrole nitrogens is 1. The first-order valence-corrected chi connectivity index (χ1v) is 9.40. The molecule has 9 heteroatoms. The molecule has 0 saturated carbocycles. The van der Waals surface area contributed by atoms with Crippen molar-refractivity contribution in [3.05, 3.63) is 72.4 Å². The molecule has 0 aliphatic carbocycles. The van der Waals surface area contributed by atoms with E-state index in [4.69, 9.17) is 5.73 Å². The normalized spacial score (nSPS) is 10.8. The minimum atomic E-state index is -0.314. The maximum atomic E-state index is 13.0. The van der Waals surface area contributed by atoms with Gasteiger partial charge in [-0.2, -0.15) is 15.0 Å². The van der Waals surface area contributed by atoms with Crippen molar-refractivity contribution in [2.45, 2.75) is 10.9 Å². The van der Waals surface area contributed by atoms with Crippen molar-refractivity contribution in [2.75, 3.05) is 11.1 Å². The molecule has 4 N–H and O–H groups in total. The number of hydrogen-bond acceptors (Lipinski definition) is 7. The molecular weight excluding hydrogens is 377 g/mol. The number of rotatable bonds is 6. The Labute approximate surface area is 164 Å². The number of thioether (sulfide) groups is 1. The molecule has 0 amide bonds. The van der Waals surface area contributed by atoms with Gasteiger partial charge < -0.3 is 16.0 Å². The monoisotopic (exact) mass is 393 g/mol. The molecule has 140 valence electrons. The van der Waals surface area contributed by atoms with Crippen LogP contribution < -0.4 is 11.1 Å². The van der Waals surface area contributed by atoms with Crippen molar-refractivity contribution in [3.8, 4) is 11.3 Å². The van der Waals surface area contributed by atoms with Gasteiger partial charge >= 0.3 is 0 Å². The third kappa shape index (κ3) is 4.44. The molecule has 2 aromatic heterocycles. The van der Waals surface area contributed by atoms with Gasteiger partial charge in [0.2, 0.25) is 11.9 Å². The quantitative estimate of drug-likeness (QED) is 0.425. The second-order valence-electron chi connectivity index (χ2n) is 5.82. The maximum absolute atomic E-state index is 13.0. The van der Waals surface area contributed by atoms with E-state index in [0.29, 0.717) is 23.2 Å². The van der Waals surface area contributed by atoms with E-state index >= 15 is 0 Å². The van der Waals surface area contributed by atoms with E-state index in [0.717, 1.165) is 16.4 Å². The Bertz CT molecular complexity index is 1070. The molecule has 0 aliphatic rings. The van der Waals surface area contributed by atoms with Crippen LogP contribution in [0, 0.1) is 5.82 Å². The predicted octanol–water partition coefficient (Wildman–Crippen LogP) is 4.02. The van der Waals surface area contributed by atoms with Gasteiger partial charge in [0.1, 0.15) is 11.6 Å². The number of nitrogens with two attached hydrogens (primary N) is 1. The third-order valence-electron chi connectivity index (χ3n) is 3.77. The Hall–Kier alpha value is -3.46. The second kappa shape index (κ2) is 8.05. The molecule has 0 radical (unpaired) electrons. The predicted molar refractivity (Wildman–Crippen MR) is 108 cm³/mol. The van der Waals surface area contributed by atoms with Crippen LogP contribution in [0.5, 0.6) is 0 Å². The number of aromatic amines is 1. The summed E-state index contributed by atoms with van der Waals surface area (Å²) in [5, 5.41) is 3.75. The first-order valence-electron chi connectivity index (χ1n) is 8.42. The van der Waals surface area contributed by atoms with Crippen LogP contribution in [0.15, 0.2) is 66.0 Å². The first kappa shape index (κ1) is 17.9. The molecule has 4 aromatic rings. The van der Waals surface area contributed by atoms with Gasteiger partial charge in [-0.15, -0.1) is 0 Å². The van der Waals surface area contributed by atoms with E-state index in [1.165, 1.54) is 23.9 Å². The summed E-state index contributed by atoms with van der Waals surface area (Å²) < 4.78 is 13.0. The van der Waals surface area contributed by atoms with Crippen LogP contribution in [-0.4, -0.2) is 24.9 Å². The smallest absolute Gasteiger partial charge is 0.232 e. The number of imidazole rings is 1. The van der Waals surface area contributed by atoms with Crippen LogP contribution in [0.4, 0.5) is 22.0 Å². The van der Waals surface area contributed by atoms with Crippen molar-refractivity contribution in [1.29, 1.82) is 0 Å². The number of anilines is 3. The lowest BCUT2D eigenvalue weighted by molar-refractivity contribution is 0.628. The van der Waals surface area contributed by atoms with E-state index in [1.54, 1.807) is 18.3 Å². The lowest BCUT2D eigenvalue weighted by Crippen LogP contribution is -2.06. The van der Waals surface area contributed by atoms with Gasteiger partial charge in [-0.05, 0) is 29.8 Å². The van der Waals surface area contributed by atoms with Gasteiger partial charge in [-0.3, -0.25) is 0 Å². The average molecular weight is 393 g/mol. The molecule has 0 aliphatic heterocycles. The summed E-state index contributed by atoms with van der Waals surface area (Å²) >= 11 is 1.46. The Morgan fingerprint density at radius 2 is 1.79 bits per heavy atom. The molecule has 0 unspecified atom stereocenters. The summed E-state index contributed by atoms with van der Waals surface area (Å²) in [6.45, 7) is 0. The zero-order chi connectivity index (χ0) is 19.3. The van der Waals surface area contributed by atoms with Crippen LogP contribution in [0.1, 0.15) is 5.82 Å².